The van der Waals surface area contributed by atoms with E-state index < -0.39 is 0 Å². The Kier molecular flexibility index (Phi) is 3.88. The first-order valence-corrected chi connectivity index (χ1v) is 7.53. The van der Waals surface area contributed by atoms with Crippen LogP contribution in [0.2, 0.25) is 0 Å². The van der Waals surface area contributed by atoms with E-state index in [0.717, 1.165) is 19.6 Å². The van der Waals surface area contributed by atoms with Gasteiger partial charge in [0.25, 0.3) is 0 Å². The first-order valence-electron chi connectivity index (χ1n) is 7.53. The Morgan fingerprint density at radius 3 is 2.75 bits per heavy atom. The van der Waals surface area contributed by atoms with E-state index in [2.05, 4.69) is 53.0 Å². The number of imidazole rings is 1. The molecule has 0 bridgehead atoms. The predicted molar refractivity (Wildman–Crippen MR) is 82.1 cm³/mol. The first-order chi connectivity index (χ1) is 9.74. The molecule has 3 rings (SSSR count). The average Bonchev–Trinajstić information content (AvgIpc) is 3.09. The molecule has 0 radical (unpaired) electrons. The molecule has 3 heteroatoms. The molecule has 2 aromatic rings. The van der Waals surface area contributed by atoms with Gasteiger partial charge in [-0.25, -0.2) is 4.98 Å². The lowest BCUT2D eigenvalue weighted by atomic mass is 10.0. The van der Waals surface area contributed by atoms with Gasteiger partial charge in [0.05, 0.1) is 6.33 Å². The first kappa shape index (κ1) is 13.4. The molecule has 1 aromatic heterocycles. The number of aromatic nitrogens is 2. The Morgan fingerprint density at radius 1 is 1.30 bits per heavy atom. The fourth-order valence-electron chi connectivity index (χ4n) is 2.91. The molecule has 1 unspecified atom stereocenters. The van der Waals surface area contributed by atoms with Crippen LogP contribution in [0, 0.1) is 0 Å². The minimum atomic E-state index is 0.595. The van der Waals surface area contributed by atoms with E-state index in [0.29, 0.717) is 11.8 Å². The van der Waals surface area contributed by atoms with Crippen LogP contribution in [0.15, 0.2) is 36.8 Å². The molecule has 1 N–H and O–H groups in total. The van der Waals surface area contributed by atoms with Gasteiger partial charge in [-0.2, -0.15) is 0 Å². The molecule has 2 heterocycles. The highest BCUT2D eigenvalue weighted by Gasteiger charge is 2.20. The number of nitrogens with zero attached hydrogens (tertiary/aromatic N) is 2. The van der Waals surface area contributed by atoms with E-state index in [4.69, 9.17) is 0 Å². The minimum Gasteiger partial charge on any atom is -0.330 e. The summed E-state index contributed by atoms with van der Waals surface area (Å²) in [6, 6.07) is 8.97. The number of benzene rings is 1. The van der Waals surface area contributed by atoms with Gasteiger partial charge >= 0.3 is 0 Å². The molecule has 0 aliphatic carbocycles. The summed E-state index contributed by atoms with van der Waals surface area (Å²) < 4.78 is 2.29. The highest BCUT2D eigenvalue weighted by atomic mass is 15.1. The van der Waals surface area contributed by atoms with Crippen LogP contribution in [-0.4, -0.2) is 22.6 Å². The molecule has 1 aromatic carbocycles. The quantitative estimate of drug-likeness (QED) is 0.924. The molecule has 0 saturated carbocycles. The van der Waals surface area contributed by atoms with Crippen molar-refractivity contribution in [2.45, 2.75) is 38.6 Å². The van der Waals surface area contributed by atoms with Crippen molar-refractivity contribution in [3.05, 3.63) is 53.6 Å². The standard InChI is InChI=1S/C17H23N3/c1-13(2)15-5-3-14(4-6-15)11-20-12-19-10-17(20)16-7-8-18-9-16/h3-6,10,12-13,16,18H,7-9,11H2,1-2H3. The lowest BCUT2D eigenvalue weighted by Crippen LogP contribution is -2.12. The fourth-order valence-corrected chi connectivity index (χ4v) is 2.91. The van der Waals surface area contributed by atoms with Gasteiger partial charge in [-0.3, -0.25) is 0 Å². The van der Waals surface area contributed by atoms with Crippen molar-refractivity contribution in [1.29, 1.82) is 0 Å². The second kappa shape index (κ2) is 5.80. The van der Waals surface area contributed by atoms with E-state index in [9.17, 15) is 0 Å². The van der Waals surface area contributed by atoms with Gasteiger partial charge in [0.2, 0.25) is 0 Å². The smallest absolute Gasteiger partial charge is 0.0951 e. The lowest BCUT2D eigenvalue weighted by Gasteiger charge is -2.13. The Labute approximate surface area is 121 Å². The third-order valence-electron chi connectivity index (χ3n) is 4.22. The maximum absolute atomic E-state index is 4.34. The van der Waals surface area contributed by atoms with Gasteiger partial charge in [-0.05, 0) is 30.0 Å². The van der Waals surface area contributed by atoms with Gasteiger partial charge in [0.1, 0.15) is 0 Å². The summed E-state index contributed by atoms with van der Waals surface area (Å²) in [5, 5.41) is 3.43. The molecule has 1 aliphatic rings. The normalized spacial score (nSPS) is 18.9. The van der Waals surface area contributed by atoms with Crippen molar-refractivity contribution < 1.29 is 0 Å². The third-order valence-corrected chi connectivity index (χ3v) is 4.22. The van der Waals surface area contributed by atoms with E-state index in [1.54, 1.807) is 0 Å². The van der Waals surface area contributed by atoms with Crippen molar-refractivity contribution in [3.8, 4) is 0 Å². The molecule has 0 spiro atoms. The molecule has 1 atom stereocenters. The monoisotopic (exact) mass is 269 g/mol. The Morgan fingerprint density at radius 2 is 2.10 bits per heavy atom. The van der Waals surface area contributed by atoms with Crippen molar-refractivity contribution >= 4 is 0 Å². The van der Waals surface area contributed by atoms with Crippen LogP contribution in [-0.2, 0) is 6.54 Å². The summed E-state index contributed by atoms with van der Waals surface area (Å²) in [5.74, 6) is 1.21. The van der Waals surface area contributed by atoms with E-state index in [1.807, 2.05) is 12.5 Å². The van der Waals surface area contributed by atoms with Gasteiger partial charge in [-0.1, -0.05) is 38.1 Å². The molecule has 1 saturated heterocycles. The second-order valence-corrected chi connectivity index (χ2v) is 6.03. The van der Waals surface area contributed by atoms with Crippen LogP contribution in [0.25, 0.3) is 0 Å². The summed E-state index contributed by atoms with van der Waals surface area (Å²) in [7, 11) is 0. The topological polar surface area (TPSA) is 29.9 Å². The zero-order valence-electron chi connectivity index (χ0n) is 12.3. The number of nitrogens with one attached hydrogen (secondary N) is 1. The molecular formula is C17H23N3. The van der Waals surface area contributed by atoms with Crippen LogP contribution in [0.3, 0.4) is 0 Å². The summed E-state index contributed by atoms with van der Waals surface area (Å²) in [6.45, 7) is 7.59. The van der Waals surface area contributed by atoms with Crippen LogP contribution in [0.1, 0.15) is 48.9 Å². The minimum absolute atomic E-state index is 0.595. The largest absolute Gasteiger partial charge is 0.330 e. The van der Waals surface area contributed by atoms with E-state index >= 15 is 0 Å². The zero-order valence-corrected chi connectivity index (χ0v) is 12.3. The van der Waals surface area contributed by atoms with Gasteiger partial charge in [0, 0.05) is 30.9 Å². The molecule has 0 amide bonds. The lowest BCUT2D eigenvalue weighted by molar-refractivity contribution is 0.654. The highest BCUT2D eigenvalue weighted by Crippen LogP contribution is 2.23. The molecular weight excluding hydrogens is 246 g/mol. The number of hydrogen-bond acceptors (Lipinski definition) is 2. The van der Waals surface area contributed by atoms with Crippen molar-refractivity contribution in [3.63, 3.8) is 0 Å². The molecule has 1 fully saturated rings. The van der Waals surface area contributed by atoms with Crippen molar-refractivity contribution in [2.24, 2.45) is 0 Å². The number of hydrogen-bond donors (Lipinski definition) is 1. The van der Waals surface area contributed by atoms with E-state index in [1.165, 1.54) is 23.2 Å². The molecule has 20 heavy (non-hydrogen) atoms. The summed E-state index contributed by atoms with van der Waals surface area (Å²) in [4.78, 5) is 4.34. The van der Waals surface area contributed by atoms with Crippen LogP contribution >= 0.6 is 0 Å². The Balaban J connectivity index is 1.76. The van der Waals surface area contributed by atoms with Gasteiger partial charge in [0.15, 0.2) is 0 Å². The van der Waals surface area contributed by atoms with Crippen LogP contribution < -0.4 is 5.32 Å². The van der Waals surface area contributed by atoms with E-state index in [-0.39, 0.29) is 0 Å². The van der Waals surface area contributed by atoms with Crippen molar-refractivity contribution in [1.82, 2.24) is 14.9 Å². The highest BCUT2D eigenvalue weighted by molar-refractivity contribution is 5.25. The Hall–Kier alpha value is -1.61. The maximum Gasteiger partial charge on any atom is 0.0951 e. The molecule has 1 aliphatic heterocycles. The average molecular weight is 269 g/mol. The number of rotatable bonds is 4. The maximum atomic E-state index is 4.34. The third kappa shape index (κ3) is 2.78. The Bertz CT molecular complexity index is 548. The fraction of sp³-hybridized carbons (Fsp3) is 0.471. The van der Waals surface area contributed by atoms with Crippen LogP contribution in [0.4, 0.5) is 0 Å². The SMILES string of the molecule is CC(C)c1ccc(Cn2cncc2C2CCNC2)cc1. The van der Waals surface area contributed by atoms with Crippen LogP contribution in [0.5, 0.6) is 0 Å². The van der Waals surface area contributed by atoms with Gasteiger partial charge in [-0.15, -0.1) is 0 Å². The summed E-state index contributed by atoms with van der Waals surface area (Å²) in [5.41, 5.74) is 4.11. The summed E-state index contributed by atoms with van der Waals surface area (Å²) >= 11 is 0. The second-order valence-electron chi connectivity index (χ2n) is 6.03. The van der Waals surface area contributed by atoms with Crippen molar-refractivity contribution in [2.75, 3.05) is 13.1 Å². The summed E-state index contributed by atoms with van der Waals surface area (Å²) in [6.07, 6.45) is 5.21. The predicted octanol–water partition coefficient (Wildman–Crippen LogP) is 3.13. The van der Waals surface area contributed by atoms with Gasteiger partial charge < -0.3 is 9.88 Å². The zero-order chi connectivity index (χ0) is 13.9. The molecule has 106 valence electrons. The molecule has 3 nitrogen and oxygen atoms in total.